The minimum atomic E-state index is -0.411. The van der Waals surface area contributed by atoms with E-state index in [2.05, 4.69) is 15.5 Å². The van der Waals surface area contributed by atoms with Crippen LogP contribution in [0.15, 0.2) is 30.5 Å². The minimum Gasteiger partial charge on any atom is -0.377 e. The van der Waals surface area contributed by atoms with E-state index in [4.69, 9.17) is 5.73 Å². The van der Waals surface area contributed by atoms with Gasteiger partial charge in [-0.15, -0.1) is 0 Å². The molecule has 1 aromatic carbocycles. The number of carbonyl (C=O) groups is 1. The van der Waals surface area contributed by atoms with Gasteiger partial charge >= 0.3 is 0 Å². The molecule has 0 fully saturated rings. The summed E-state index contributed by atoms with van der Waals surface area (Å²) in [5, 5.41) is 10.2. The third-order valence-electron chi connectivity index (χ3n) is 2.87. The van der Waals surface area contributed by atoms with E-state index in [1.54, 1.807) is 18.3 Å². The summed E-state index contributed by atoms with van der Waals surface area (Å²) < 4.78 is 0. The number of anilines is 1. The quantitative estimate of drug-likeness (QED) is 0.769. The summed E-state index contributed by atoms with van der Waals surface area (Å²) in [7, 11) is 0. The number of nitrogens with zero attached hydrogens (tertiary/aromatic N) is 1. The average molecular weight is 244 g/mol. The Kier molecular flexibility index (Phi) is 3.32. The Hall–Kier alpha value is -2.30. The largest absolute Gasteiger partial charge is 0.377 e. The Morgan fingerprint density at radius 1 is 1.44 bits per heavy atom. The van der Waals surface area contributed by atoms with E-state index in [9.17, 15) is 4.79 Å². The highest BCUT2D eigenvalue weighted by molar-refractivity contribution is 5.93. The molecule has 5 heteroatoms. The highest BCUT2D eigenvalue weighted by Crippen LogP contribution is 2.21. The predicted octanol–water partition coefficient (Wildman–Crippen LogP) is 1.99. The van der Waals surface area contributed by atoms with Crippen LogP contribution in [0, 0.1) is 6.92 Å². The number of nitrogens with one attached hydrogen (secondary N) is 2. The number of hydrogen-bond donors (Lipinski definition) is 3. The molecular formula is C13H16N4O. The van der Waals surface area contributed by atoms with E-state index in [1.807, 2.05) is 26.0 Å². The third kappa shape index (κ3) is 2.51. The molecule has 0 aliphatic carbocycles. The molecule has 0 spiro atoms. The van der Waals surface area contributed by atoms with Gasteiger partial charge < -0.3 is 11.1 Å². The van der Waals surface area contributed by atoms with Gasteiger partial charge in [-0.1, -0.05) is 0 Å². The van der Waals surface area contributed by atoms with Gasteiger partial charge in [0.05, 0.1) is 11.7 Å². The van der Waals surface area contributed by atoms with Crippen LogP contribution in [0.4, 0.5) is 5.69 Å². The molecule has 0 bridgehead atoms. The first kappa shape index (κ1) is 12.2. The van der Waals surface area contributed by atoms with E-state index in [-0.39, 0.29) is 6.04 Å². The molecule has 2 aromatic rings. The van der Waals surface area contributed by atoms with Crippen LogP contribution in [0.3, 0.4) is 0 Å². The van der Waals surface area contributed by atoms with E-state index >= 15 is 0 Å². The van der Waals surface area contributed by atoms with Gasteiger partial charge in [-0.2, -0.15) is 5.10 Å². The third-order valence-corrected chi connectivity index (χ3v) is 2.87. The number of hydrogen-bond acceptors (Lipinski definition) is 3. The summed E-state index contributed by atoms with van der Waals surface area (Å²) in [5.41, 5.74) is 8.73. The molecular weight excluding hydrogens is 228 g/mol. The van der Waals surface area contributed by atoms with E-state index < -0.39 is 5.91 Å². The highest BCUT2D eigenvalue weighted by Gasteiger charge is 2.09. The van der Waals surface area contributed by atoms with Crippen molar-refractivity contribution in [2.24, 2.45) is 5.73 Å². The standard InChI is InChI=1S/C13H16N4O/c1-8-7-10(13(14)18)3-4-11(8)16-9(2)12-5-6-15-17-12/h3-7,9,16H,1-2H3,(H2,14,18)(H,15,17). The van der Waals surface area contributed by atoms with Crippen molar-refractivity contribution in [3.05, 3.63) is 47.3 Å². The minimum absolute atomic E-state index is 0.116. The van der Waals surface area contributed by atoms with Gasteiger partial charge in [0.15, 0.2) is 0 Å². The summed E-state index contributed by atoms with van der Waals surface area (Å²) in [5.74, 6) is -0.411. The second-order valence-electron chi connectivity index (χ2n) is 4.27. The van der Waals surface area contributed by atoms with Crippen molar-refractivity contribution in [2.45, 2.75) is 19.9 Å². The van der Waals surface area contributed by atoms with Gasteiger partial charge in [-0.05, 0) is 43.7 Å². The van der Waals surface area contributed by atoms with Crippen LogP contribution in [-0.2, 0) is 0 Å². The van der Waals surface area contributed by atoms with Crippen LogP contribution >= 0.6 is 0 Å². The number of rotatable bonds is 4. The number of carbonyl (C=O) groups excluding carboxylic acids is 1. The maximum absolute atomic E-state index is 11.1. The molecule has 0 aliphatic rings. The number of aryl methyl sites for hydroxylation is 1. The molecule has 0 aliphatic heterocycles. The number of H-pyrrole nitrogens is 1. The van der Waals surface area contributed by atoms with E-state index in [0.717, 1.165) is 16.9 Å². The molecule has 1 unspecified atom stereocenters. The zero-order valence-corrected chi connectivity index (χ0v) is 10.4. The fraction of sp³-hybridized carbons (Fsp3) is 0.231. The summed E-state index contributed by atoms with van der Waals surface area (Å²) in [4.78, 5) is 11.1. The zero-order chi connectivity index (χ0) is 13.1. The molecule has 1 heterocycles. The van der Waals surface area contributed by atoms with Crippen molar-refractivity contribution < 1.29 is 4.79 Å². The van der Waals surface area contributed by atoms with Crippen molar-refractivity contribution in [1.29, 1.82) is 0 Å². The summed E-state index contributed by atoms with van der Waals surface area (Å²) in [6.07, 6.45) is 1.72. The molecule has 0 saturated heterocycles. The topological polar surface area (TPSA) is 83.8 Å². The van der Waals surface area contributed by atoms with Crippen LogP contribution in [-0.4, -0.2) is 16.1 Å². The molecule has 1 atom stereocenters. The lowest BCUT2D eigenvalue weighted by Crippen LogP contribution is -2.12. The first-order valence-electron chi connectivity index (χ1n) is 5.74. The van der Waals surface area contributed by atoms with Crippen molar-refractivity contribution in [1.82, 2.24) is 10.2 Å². The Balaban J connectivity index is 2.17. The average Bonchev–Trinajstić information content (AvgIpc) is 2.85. The monoisotopic (exact) mass is 244 g/mol. The van der Waals surface area contributed by atoms with Gasteiger partial charge in [-0.3, -0.25) is 9.89 Å². The maximum atomic E-state index is 11.1. The van der Waals surface area contributed by atoms with Crippen LogP contribution in [0.5, 0.6) is 0 Å². The predicted molar refractivity (Wildman–Crippen MR) is 70.3 cm³/mol. The van der Waals surface area contributed by atoms with Crippen molar-refractivity contribution in [3.8, 4) is 0 Å². The normalized spacial score (nSPS) is 12.1. The Bertz CT molecular complexity index is 548. The van der Waals surface area contributed by atoms with Gasteiger partial charge in [0, 0.05) is 17.4 Å². The number of aromatic amines is 1. The van der Waals surface area contributed by atoms with E-state index in [0.29, 0.717) is 5.56 Å². The molecule has 1 aromatic heterocycles. The van der Waals surface area contributed by atoms with Gasteiger partial charge in [0.25, 0.3) is 0 Å². The van der Waals surface area contributed by atoms with Crippen molar-refractivity contribution in [2.75, 3.05) is 5.32 Å². The molecule has 94 valence electrons. The maximum Gasteiger partial charge on any atom is 0.248 e. The summed E-state index contributed by atoms with van der Waals surface area (Å²) in [6, 6.07) is 7.40. The van der Waals surface area contributed by atoms with Crippen LogP contribution < -0.4 is 11.1 Å². The Morgan fingerprint density at radius 3 is 2.78 bits per heavy atom. The summed E-state index contributed by atoms with van der Waals surface area (Å²) in [6.45, 7) is 3.98. The lowest BCUT2D eigenvalue weighted by molar-refractivity contribution is 0.1000. The fourth-order valence-corrected chi connectivity index (χ4v) is 1.80. The molecule has 0 radical (unpaired) electrons. The lowest BCUT2D eigenvalue weighted by atomic mass is 10.1. The Labute approximate surface area is 105 Å². The number of amides is 1. The van der Waals surface area contributed by atoms with Crippen molar-refractivity contribution >= 4 is 11.6 Å². The number of aromatic nitrogens is 2. The first-order chi connectivity index (χ1) is 8.58. The Morgan fingerprint density at radius 2 is 2.22 bits per heavy atom. The van der Waals surface area contributed by atoms with Gasteiger partial charge in [0.1, 0.15) is 0 Å². The zero-order valence-electron chi connectivity index (χ0n) is 10.4. The van der Waals surface area contributed by atoms with Crippen LogP contribution in [0.2, 0.25) is 0 Å². The van der Waals surface area contributed by atoms with Crippen molar-refractivity contribution in [3.63, 3.8) is 0 Å². The fourth-order valence-electron chi connectivity index (χ4n) is 1.80. The smallest absolute Gasteiger partial charge is 0.248 e. The lowest BCUT2D eigenvalue weighted by Gasteiger charge is -2.16. The second kappa shape index (κ2) is 4.91. The first-order valence-corrected chi connectivity index (χ1v) is 5.74. The molecule has 2 rings (SSSR count). The van der Waals surface area contributed by atoms with Gasteiger partial charge in [0.2, 0.25) is 5.91 Å². The van der Waals surface area contributed by atoms with Crippen LogP contribution in [0.1, 0.15) is 34.6 Å². The highest BCUT2D eigenvalue weighted by atomic mass is 16.1. The number of benzene rings is 1. The number of nitrogens with two attached hydrogens (primary N) is 1. The van der Waals surface area contributed by atoms with E-state index in [1.165, 1.54) is 0 Å². The van der Waals surface area contributed by atoms with Crippen LogP contribution in [0.25, 0.3) is 0 Å². The molecule has 4 N–H and O–H groups in total. The molecule has 1 amide bonds. The SMILES string of the molecule is Cc1cc(C(N)=O)ccc1NC(C)c1ccn[nH]1. The number of primary amides is 1. The molecule has 5 nitrogen and oxygen atoms in total. The van der Waals surface area contributed by atoms with Gasteiger partial charge in [-0.25, -0.2) is 0 Å². The molecule has 0 saturated carbocycles. The second-order valence-corrected chi connectivity index (χ2v) is 4.27. The molecule has 18 heavy (non-hydrogen) atoms. The summed E-state index contributed by atoms with van der Waals surface area (Å²) >= 11 is 0.